The minimum atomic E-state index is -3.73. The summed E-state index contributed by atoms with van der Waals surface area (Å²) in [6.45, 7) is 3.72. The number of morpholine rings is 1. The van der Waals surface area contributed by atoms with Gasteiger partial charge < -0.3 is 14.4 Å². The first-order chi connectivity index (χ1) is 14.9. The van der Waals surface area contributed by atoms with Crippen molar-refractivity contribution in [3.8, 4) is 5.75 Å². The average Bonchev–Trinajstić information content (AvgIpc) is 2.81. The zero-order chi connectivity index (χ0) is 22.0. The van der Waals surface area contributed by atoms with E-state index in [-0.39, 0.29) is 49.0 Å². The molecule has 31 heavy (non-hydrogen) atoms. The number of ether oxygens (including phenoxy) is 2. The lowest BCUT2D eigenvalue weighted by Crippen LogP contribution is -2.50. The molecule has 0 bridgehead atoms. The van der Waals surface area contributed by atoms with Gasteiger partial charge in [0.1, 0.15) is 12.3 Å². The van der Waals surface area contributed by atoms with Crippen LogP contribution in [0.25, 0.3) is 0 Å². The van der Waals surface area contributed by atoms with Crippen LogP contribution in [-0.4, -0.2) is 81.5 Å². The number of carbonyl (C=O) groups is 2. The highest BCUT2D eigenvalue weighted by molar-refractivity contribution is 7.89. The van der Waals surface area contributed by atoms with Crippen molar-refractivity contribution in [1.29, 1.82) is 0 Å². The molecule has 3 aliphatic heterocycles. The van der Waals surface area contributed by atoms with Gasteiger partial charge in [0.15, 0.2) is 6.61 Å². The number of piperidine rings is 1. The molecule has 170 valence electrons. The lowest BCUT2D eigenvalue weighted by atomic mass is 10.00. The van der Waals surface area contributed by atoms with Crippen LogP contribution >= 0.6 is 0 Å². The average molecular weight is 452 g/mol. The maximum absolute atomic E-state index is 13.1. The van der Waals surface area contributed by atoms with E-state index in [1.165, 1.54) is 21.3 Å². The van der Waals surface area contributed by atoms with Gasteiger partial charge in [-0.05, 0) is 43.9 Å². The summed E-state index contributed by atoms with van der Waals surface area (Å²) in [4.78, 5) is 29.0. The highest BCUT2D eigenvalue weighted by atomic mass is 32.2. The second-order valence-corrected chi connectivity index (χ2v) is 10.00. The quantitative estimate of drug-likeness (QED) is 0.668. The molecule has 0 aromatic heterocycles. The third-order valence-corrected chi connectivity index (χ3v) is 8.09. The number of likely N-dealkylation sites (tertiary alicyclic amines) is 1. The topological polar surface area (TPSA) is 96.5 Å². The lowest BCUT2D eigenvalue weighted by Gasteiger charge is -2.37. The van der Waals surface area contributed by atoms with Crippen LogP contribution in [0.5, 0.6) is 5.75 Å². The highest BCUT2D eigenvalue weighted by Crippen LogP contribution is 2.35. The molecular weight excluding hydrogens is 422 g/mol. The monoisotopic (exact) mass is 451 g/mol. The first-order valence-electron chi connectivity index (χ1n) is 10.9. The molecular formula is C21H29N3O6S. The van der Waals surface area contributed by atoms with Crippen molar-refractivity contribution in [2.24, 2.45) is 0 Å². The summed E-state index contributed by atoms with van der Waals surface area (Å²) in [6.07, 6.45) is 3.90. The molecule has 2 amide bonds. The molecule has 1 aromatic carbocycles. The number of rotatable bonds is 5. The van der Waals surface area contributed by atoms with E-state index in [0.717, 1.165) is 25.7 Å². The van der Waals surface area contributed by atoms with Gasteiger partial charge in [0.05, 0.1) is 23.8 Å². The molecule has 4 rings (SSSR count). The zero-order valence-electron chi connectivity index (χ0n) is 17.8. The van der Waals surface area contributed by atoms with Crippen molar-refractivity contribution in [2.45, 2.75) is 43.5 Å². The molecule has 1 aromatic rings. The third-order valence-electron chi connectivity index (χ3n) is 6.19. The molecule has 10 heteroatoms. The Morgan fingerprint density at radius 1 is 1.16 bits per heavy atom. The van der Waals surface area contributed by atoms with Crippen molar-refractivity contribution >= 4 is 27.5 Å². The number of carbonyl (C=O) groups excluding carboxylic acids is 2. The summed E-state index contributed by atoms with van der Waals surface area (Å²) < 4.78 is 38.3. The largest absolute Gasteiger partial charge is 0.482 e. The molecule has 3 heterocycles. The van der Waals surface area contributed by atoms with Crippen LogP contribution in [0.1, 0.15) is 32.6 Å². The lowest BCUT2D eigenvalue weighted by molar-refractivity contribution is -0.135. The molecule has 9 nitrogen and oxygen atoms in total. The second kappa shape index (κ2) is 9.13. The Kier molecular flexibility index (Phi) is 6.49. The zero-order valence-corrected chi connectivity index (χ0v) is 18.6. The predicted octanol–water partition coefficient (Wildman–Crippen LogP) is 1.22. The fraction of sp³-hybridized carbons (Fsp3) is 0.619. The maximum Gasteiger partial charge on any atom is 0.265 e. The van der Waals surface area contributed by atoms with Crippen LogP contribution in [0, 0.1) is 0 Å². The molecule has 1 unspecified atom stereocenters. The van der Waals surface area contributed by atoms with Gasteiger partial charge in [-0.2, -0.15) is 4.31 Å². The van der Waals surface area contributed by atoms with Crippen molar-refractivity contribution in [1.82, 2.24) is 9.21 Å². The van der Waals surface area contributed by atoms with Crippen LogP contribution in [0.2, 0.25) is 0 Å². The molecule has 0 saturated carbocycles. The van der Waals surface area contributed by atoms with Gasteiger partial charge >= 0.3 is 0 Å². The van der Waals surface area contributed by atoms with Gasteiger partial charge in [0, 0.05) is 25.7 Å². The van der Waals surface area contributed by atoms with Crippen LogP contribution in [-0.2, 0) is 24.3 Å². The van der Waals surface area contributed by atoms with E-state index >= 15 is 0 Å². The van der Waals surface area contributed by atoms with E-state index < -0.39 is 10.0 Å². The maximum atomic E-state index is 13.1. The van der Waals surface area contributed by atoms with Crippen molar-refractivity contribution in [2.75, 3.05) is 50.9 Å². The molecule has 3 aliphatic rings. The summed E-state index contributed by atoms with van der Waals surface area (Å²) >= 11 is 0. The summed E-state index contributed by atoms with van der Waals surface area (Å²) in [6, 6.07) is 4.67. The van der Waals surface area contributed by atoms with E-state index in [1.807, 2.05) is 4.90 Å². The minimum absolute atomic E-state index is 0.0771. The van der Waals surface area contributed by atoms with Gasteiger partial charge in [-0.25, -0.2) is 8.42 Å². The van der Waals surface area contributed by atoms with Gasteiger partial charge in [0.25, 0.3) is 5.91 Å². The Morgan fingerprint density at radius 2 is 1.94 bits per heavy atom. The molecule has 0 spiro atoms. The Bertz CT molecular complexity index is 944. The third kappa shape index (κ3) is 4.42. The van der Waals surface area contributed by atoms with Crippen molar-refractivity contribution < 1.29 is 27.5 Å². The Labute approximate surface area is 182 Å². The van der Waals surface area contributed by atoms with E-state index in [4.69, 9.17) is 9.47 Å². The smallest absolute Gasteiger partial charge is 0.265 e. The number of anilines is 1. The first kappa shape index (κ1) is 22.0. The number of sulfonamides is 1. The standard InChI is InChI=1S/C21H29N3O6S/c1-2-16-5-3-4-8-23(16)20(25)14-24-18-13-17(6-7-19(18)30-15-21(24)26)31(27,28)22-9-11-29-12-10-22/h6-7,13,16H,2-5,8-12,14-15H2,1H3. The summed E-state index contributed by atoms with van der Waals surface area (Å²) in [5.74, 6) is -0.0694. The first-order valence-corrected chi connectivity index (χ1v) is 12.3. The molecule has 2 saturated heterocycles. The number of amides is 2. The van der Waals surface area contributed by atoms with Crippen molar-refractivity contribution in [3.05, 3.63) is 18.2 Å². The fourth-order valence-corrected chi connectivity index (χ4v) is 5.86. The summed E-state index contributed by atoms with van der Waals surface area (Å²) in [5.41, 5.74) is 0.323. The predicted molar refractivity (Wildman–Crippen MR) is 114 cm³/mol. The molecule has 0 aliphatic carbocycles. The number of fused-ring (bicyclic) bond motifs is 1. The summed E-state index contributed by atoms with van der Waals surface area (Å²) in [5, 5.41) is 0. The number of nitrogens with zero attached hydrogens (tertiary/aromatic N) is 3. The van der Waals surface area contributed by atoms with Gasteiger partial charge in [-0.3, -0.25) is 14.5 Å². The van der Waals surface area contributed by atoms with E-state index in [0.29, 0.717) is 31.2 Å². The van der Waals surface area contributed by atoms with E-state index in [9.17, 15) is 18.0 Å². The van der Waals surface area contributed by atoms with E-state index in [2.05, 4.69) is 6.92 Å². The van der Waals surface area contributed by atoms with Crippen LogP contribution in [0.15, 0.2) is 23.1 Å². The molecule has 0 N–H and O–H groups in total. The van der Waals surface area contributed by atoms with Crippen LogP contribution in [0.4, 0.5) is 5.69 Å². The van der Waals surface area contributed by atoms with Gasteiger partial charge in [-0.15, -0.1) is 0 Å². The van der Waals surface area contributed by atoms with E-state index in [1.54, 1.807) is 6.07 Å². The molecule has 2 fully saturated rings. The second-order valence-electron chi connectivity index (χ2n) is 8.06. The molecule has 1 atom stereocenters. The Hall–Kier alpha value is -2.17. The Morgan fingerprint density at radius 3 is 2.68 bits per heavy atom. The summed E-state index contributed by atoms with van der Waals surface area (Å²) in [7, 11) is -3.73. The number of hydrogen-bond donors (Lipinski definition) is 0. The van der Waals surface area contributed by atoms with Crippen LogP contribution < -0.4 is 9.64 Å². The normalized spacial score (nSPS) is 22.7. The van der Waals surface area contributed by atoms with Crippen LogP contribution in [0.3, 0.4) is 0 Å². The van der Waals surface area contributed by atoms with Gasteiger partial charge in [-0.1, -0.05) is 6.92 Å². The molecule has 0 radical (unpaired) electrons. The highest BCUT2D eigenvalue weighted by Gasteiger charge is 2.34. The van der Waals surface area contributed by atoms with Gasteiger partial charge in [0.2, 0.25) is 15.9 Å². The minimum Gasteiger partial charge on any atom is -0.482 e. The fourth-order valence-electron chi connectivity index (χ4n) is 4.43. The Balaban J connectivity index is 1.60. The van der Waals surface area contributed by atoms with Crippen molar-refractivity contribution in [3.63, 3.8) is 0 Å². The SMILES string of the molecule is CCC1CCCCN1C(=O)CN1C(=O)COc2ccc(S(=O)(=O)N3CCOCC3)cc21. The number of benzene rings is 1. The number of hydrogen-bond acceptors (Lipinski definition) is 6.